The Morgan fingerprint density at radius 3 is 2.43 bits per heavy atom. The van der Waals surface area contributed by atoms with Gasteiger partial charge in [-0.05, 0) is 53.6 Å². The van der Waals surface area contributed by atoms with E-state index in [1.807, 2.05) is 34.6 Å². The van der Waals surface area contributed by atoms with Crippen molar-refractivity contribution in [3.63, 3.8) is 0 Å². The highest BCUT2D eigenvalue weighted by Crippen LogP contribution is 2.40. The molecule has 6 unspecified atom stereocenters. The number of carbonyl (C=O) groups excluding carboxylic acids is 1. The Morgan fingerprint density at radius 2 is 1.77 bits per heavy atom. The Hall–Kier alpha value is -0.770. The first-order valence-electron chi connectivity index (χ1n) is 11.4. The zero-order valence-corrected chi connectivity index (χ0v) is 18.9. The molecule has 0 aliphatic carbocycles. The molecule has 0 aromatic heterocycles. The minimum atomic E-state index is -0.791. The van der Waals surface area contributed by atoms with Gasteiger partial charge in [0.15, 0.2) is 17.9 Å². The number of ether oxygens (including phenoxy) is 6. The maximum atomic E-state index is 12.9. The maximum absolute atomic E-state index is 12.9. The van der Waals surface area contributed by atoms with Gasteiger partial charge in [0.25, 0.3) is 0 Å². The van der Waals surface area contributed by atoms with Gasteiger partial charge in [0.05, 0.1) is 18.6 Å². The number of esters is 1. The molecule has 0 N–H and O–H groups in total. The van der Waals surface area contributed by atoms with E-state index < -0.39 is 30.1 Å². The molecule has 4 saturated heterocycles. The molecule has 4 heterocycles. The van der Waals surface area contributed by atoms with E-state index >= 15 is 0 Å². The third-order valence-corrected chi connectivity index (χ3v) is 6.32. The van der Waals surface area contributed by atoms with Crippen LogP contribution >= 0.6 is 0 Å². The third-order valence-electron chi connectivity index (χ3n) is 6.32. The molecule has 8 nitrogen and oxygen atoms in total. The number of nitrogens with zero attached hydrogens (tertiary/aromatic N) is 1. The SMILES string of the molecule is CC(CN1CCCCC1)C(=O)OC1CC(C2COC(C)(C)O2)OC2OC(C)(C)OC12. The normalized spacial score (nSPS) is 39.4. The molecule has 0 aromatic rings. The van der Waals surface area contributed by atoms with Crippen molar-refractivity contribution in [3.05, 3.63) is 0 Å². The Bertz CT molecular complexity index is 619. The van der Waals surface area contributed by atoms with E-state index in [1.54, 1.807) is 0 Å². The number of hydrogen-bond acceptors (Lipinski definition) is 8. The van der Waals surface area contributed by atoms with E-state index in [0.717, 1.165) is 19.6 Å². The third kappa shape index (κ3) is 5.16. The number of likely N-dealkylation sites (tertiary alicyclic amines) is 1. The molecule has 30 heavy (non-hydrogen) atoms. The van der Waals surface area contributed by atoms with Crippen LogP contribution in [-0.4, -0.2) is 79.4 Å². The minimum absolute atomic E-state index is 0.192. The molecule has 0 spiro atoms. The molecule has 6 atom stereocenters. The van der Waals surface area contributed by atoms with Crippen LogP contribution in [0.4, 0.5) is 0 Å². The topological polar surface area (TPSA) is 75.7 Å². The van der Waals surface area contributed by atoms with E-state index in [0.29, 0.717) is 13.0 Å². The van der Waals surface area contributed by atoms with Crippen molar-refractivity contribution in [2.24, 2.45) is 5.92 Å². The summed E-state index contributed by atoms with van der Waals surface area (Å²) in [4.78, 5) is 15.3. The van der Waals surface area contributed by atoms with Crippen molar-refractivity contribution in [2.75, 3.05) is 26.2 Å². The monoisotopic (exact) mass is 427 g/mol. The van der Waals surface area contributed by atoms with Crippen LogP contribution in [0.25, 0.3) is 0 Å². The van der Waals surface area contributed by atoms with Gasteiger partial charge >= 0.3 is 5.97 Å². The molecule has 0 bridgehead atoms. The van der Waals surface area contributed by atoms with Gasteiger partial charge in [-0.2, -0.15) is 0 Å². The van der Waals surface area contributed by atoms with E-state index in [1.165, 1.54) is 19.3 Å². The fraction of sp³-hybridized carbons (Fsp3) is 0.955. The predicted octanol–water partition coefficient (Wildman–Crippen LogP) is 2.44. The fourth-order valence-corrected chi connectivity index (χ4v) is 4.83. The van der Waals surface area contributed by atoms with Crippen molar-refractivity contribution in [2.45, 2.75) is 103 Å². The quantitative estimate of drug-likeness (QED) is 0.620. The van der Waals surface area contributed by atoms with Crippen LogP contribution in [-0.2, 0) is 33.2 Å². The van der Waals surface area contributed by atoms with Gasteiger partial charge < -0.3 is 33.3 Å². The van der Waals surface area contributed by atoms with Gasteiger partial charge in [0.1, 0.15) is 18.3 Å². The number of rotatable bonds is 5. The molecule has 4 aliphatic heterocycles. The summed E-state index contributed by atoms with van der Waals surface area (Å²) in [5, 5.41) is 0. The number of piperidine rings is 1. The van der Waals surface area contributed by atoms with Crippen LogP contribution < -0.4 is 0 Å². The van der Waals surface area contributed by atoms with E-state index in [4.69, 9.17) is 28.4 Å². The molecule has 4 aliphatic rings. The number of hydrogen-bond donors (Lipinski definition) is 0. The first-order valence-corrected chi connectivity index (χ1v) is 11.4. The second-order valence-electron chi connectivity index (χ2n) is 9.98. The highest BCUT2D eigenvalue weighted by molar-refractivity contribution is 5.72. The van der Waals surface area contributed by atoms with Gasteiger partial charge in [-0.15, -0.1) is 0 Å². The Kier molecular flexibility index (Phi) is 6.46. The van der Waals surface area contributed by atoms with Gasteiger partial charge in [-0.1, -0.05) is 13.3 Å². The van der Waals surface area contributed by atoms with Crippen LogP contribution in [0.15, 0.2) is 0 Å². The summed E-state index contributed by atoms with van der Waals surface area (Å²) in [5.41, 5.74) is 0. The summed E-state index contributed by atoms with van der Waals surface area (Å²) in [6.07, 6.45) is 2.16. The average Bonchev–Trinajstić information content (AvgIpc) is 3.19. The maximum Gasteiger partial charge on any atom is 0.310 e. The van der Waals surface area contributed by atoms with Crippen molar-refractivity contribution in [1.29, 1.82) is 0 Å². The van der Waals surface area contributed by atoms with Crippen molar-refractivity contribution < 1.29 is 33.2 Å². The standard InChI is InChI=1S/C22H37NO7/c1-14(12-23-9-7-6-8-10-23)19(24)26-16-11-15(17-13-25-21(2,3)28-17)27-20-18(16)29-22(4,5)30-20/h14-18,20H,6-13H2,1-5H3. The highest BCUT2D eigenvalue weighted by atomic mass is 16.8. The highest BCUT2D eigenvalue weighted by Gasteiger charge is 2.54. The molecule has 0 radical (unpaired) electrons. The summed E-state index contributed by atoms with van der Waals surface area (Å²) >= 11 is 0. The van der Waals surface area contributed by atoms with Gasteiger partial charge in [-0.25, -0.2) is 0 Å². The second-order valence-corrected chi connectivity index (χ2v) is 9.98. The Labute approximate surface area is 179 Å². The van der Waals surface area contributed by atoms with Gasteiger partial charge in [0.2, 0.25) is 0 Å². The molecular weight excluding hydrogens is 390 g/mol. The molecule has 4 rings (SSSR count). The fourth-order valence-electron chi connectivity index (χ4n) is 4.83. The lowest BCUT2D eigenvalue weighted by Crippen LogP contribution is -2.52. The second kappa shape index (κ2) is 8.64. The molecule has 0 aromatic carbocycles. The molecule has 172 valence electrons. The smallest absolute Gasteiger partial charge is 0.310 e. The largest absolute Gasteiger partial charge is 0.459 e. The summed E-state index contributed by atoms with van der Waals surface area (Å²) in [6.45, 7) is 12.7. The van der Waals surface area contributed by atoms with Crippen LogP contribution in [0.1, 0.15) is 60.3 Å². The van der Waals surface area contributed by atoms with Crippen molar-refractivity contribution in [3.8, 4) is 0 Å². The summed E-state index contributed by atoms with van der Waals surface area (Å²) in [5.74, 6) is -1.82. The summed E-state index contributed by atoms with van der Waals surface area (Å²) in [7, 11) is 0. The molecule has 4 fully saturated rings. The van der Waals surface area contributed by atoms with E-state index in [-0.39, 0.29) is 24.1 Å². The van der Waals surface area contributed by atoms with Crippen molar-refractivity contribution in [1.82, 2.24) is 4.90 Å². The predicted molar refractivity (Wildman–Crippen MR) is 108 cm³/mol. The van der Waals surface area contributed by atoms with Gasteiger partial charge in [-0.3, -0.25) is 4.79 Å². The van der Waals surface area contributed by atoms with E-state index in [9.17, 15) is 4.79 Å². The lowest BCUT2D eigenvalue weighted by atomic mass is 9.98. The van der Waals surface area contributed by atoms with Crippen LogP contribution in [0, 0.1) is 5.92 Å². The molecular formula is C22H37NO7. The van der Waals surface area contributed by atoms with E-state index in [2.05, 4.69) is 4.90 Å². The first-order chi connectivity index (χ1) is 14.1. The lowest BCUT2D eigenvalue weighted by molar-refractivity contribution is -0.247. The number of fused-ring (bicyclic) bond motifs is 1. The molecule has 0 saturated carbocycles. The van der Waals surface area contributed by atoms with Crippen LogP contribution in [0.5, 0.6) is 0 Å². The Balaban J connectivity index is 1.40. The zero-order chi connectivity index (χ0) is 21.5. The van der Waals surface area contributed by atoms with Crippen molar-refractivity contribution >= 4 is 5.97 Å². The molecule has 8 heteroatoms. The average molecular weight is 428 g/mol. The van der Waals surface area contributed by atoms with Gasteiger partial charge in [0, 0.05) is 13.0 Å². The zero-order valence-electron chi connectivity index (χ0n) is 18.9. The Morgan fingerprint density at radius 1 is 1.03 bits per heavy atom. The first kappa shape index (κ1) is 22.4. The molecule has 0 amide bonds. The number of carbonyl (C=O) groups is 1. The van der Waals surface area contributed by atoms with Crippen LogP contribution in [0.3, 0.4) is 0 Å². The lowest BCUT2D eigenvalue weighted by Gasteiger charge is -2.38. The minimum Gasteiger partial charge on any atom is -0.459 e. The summed E-state index contributed by atoms with van der Waals surface area (Å²) < 4.78 is 35.9. The van der Waals surface area contributed by atoms with Crippen LogP contribution in [0.2, 0.25) is 0 Å². The summed E-state index contributed by atoms with van der Waals surface area (Å²) in [6, 6.07) is 0.